The van der Waals surface area contributed by atoms with Gasteiger partial charge in [0.2, 0.25) is 0 Å². The first kappa shape index (κ1) is 12.4. The molecule has 5 nitrogen and oxygen atoms in total. The molecule has 102 valence electrons. The summed E-state index contributed by atoms with van der Waals surface area (Å²) in [6.45, 7) is 4.85. The lowest BCUT2D eigenvalue weighted by atomic mass is 9.93. The van der Waals surface area contributed by atoms with Crippen molar-refractivity contribution < 1.29 is 4.79 Å². The molecule has 2 aliphatic heterocycles. The Bertz CT molecular complexity index is 539. The van der Waals surface area contributed by atoms with Crippen LogP contribution in [-0.2, 0) is 0 Å². The number of pyridine rings is 1. The van der Waals surface area contributed by atoms with Crippen LogP contribution in [0.1, 0.15) is 23.7 Å². The molecule has 5 heteroatoms. The van der Waals surface area contributed by atoms with Crippen LogP contribution in [0, 0.1) is 11.8 Å². The van der Waals surface area contributed by atoms with E-state index in [9.17, 15) is 9.59 Å². The summed E-state index contributed by atoms with van der Waals surface area (Å²) in [6, 6.07) is 1.67. The largest absolute Gasteiger partial charge is 0.367 e. The first-order valence-electron chi connectivity index (χ1n) is 6.91. The minimum Gasteiger partial charge on any atom is -0.367 e. The van der Waals surface area contributed by atoms with Crippen LogP contribution >= 0.6 is 0 Å². The fraction of sp³-hybridized carbons (Fsp3) is 0.571. The number of H-pyrrole nitrogens is 1. The minimum atomic E-state index is -0.200. The first-order chi connectivity index (χ1) is 9.22. The summed E-state index contributed by atoms with van der Waals surface area (Å²) in [6.07, 6.45) is 4.02. The van der Waals surface area contributed by atoms with Crippen molar-refractivity contribution in [3.63, 3.8) is 0 Å². The number of amides is 1. The fourth-order valence-electron chi connectivity index (χ4n) is 3.52. The molecule has 0 saturated carbocycles. The SMILES string of the molecule is CCC1C2CNCC2CN1C(=O)c1c[nH]ccc1=O. The van der Waals surface area contributed by atoms with Crippen LogP contribution in [-0.4, -0.2) is 41.5 Å². The molecule has 2 aliphatic rings. The summed E-state index contributed by atoms with van der Waals surface area (Å²) in [5.74, 6) is 0.955. The second-order valence-electron chi connectivity index (χ2n) is 5.44. The summed E-state index contributed by atoms with van der Waals surface area (Å²) >= 11 is 0. The molecule has 0 spiro atoms. The van der Waals surface area contributed by atoms with Gasteiger partial charge in [0.25, 0.3) is 5.91 Å². The second kappa shape index (κ2) is 4.81. The number of carbonyl (C=O) groups is 1. The Labute approximate surface area is 112 Å². The van der Waals surface area contributed by atoms with E-state index < -0.39 is 0 Å². The van der Waals surface area contributed by atoms with Crippen LogP contribution in [0.25, 0.3) is 0 Å². The molecule has 1 amide bonds. The minimum absolute atomic E-state index is 0.122. The predicted octanol–water partition coefficient (Wildman–Crippen LogP) is 0.445. The molecule has 2 saturated heterocycles. The second-order valence-corrected chi connectivity index (χ2v) is 5.44. The van der Waals surface area contributed by atoms with Crippen molar-refractivity contribution in [2.45, 2.75) is 19.4 Å². The van der Waals surface area contributed by atoms with E-state index in [1.807, 2.05) is 4.90 Å². The summed E-state index contributed by atoms with van der Waals surface area (Å²) in [5.41, 5.74) is 0.0580. The number of rotatable bonds is 2. The van der Waals surface area contributed by atoms with Gasteiger partial charge in [0.15, 0.2) is 5.43 Å². The summed E-state index contributed by atoms with van der Waals surface area (Å²) in [7, 11) is 0. The van der Waals surface area contributed by atoms with Crippen LogP contribution < -0.4 is 10.7 Å². The molecule has 3 heterocycles. The number of hydrogen-bond acceptors (Lipinski definition) is 3. The van der Waals surface area contributed by atoms with E-state index in [0.717, 1.165) is 26.1 Å². The lowest BCUT2D eigenvalue weighted by Crippen LogP contribution is -2.41. The van der Waals surface area contributed by atoms with Gasteiger partial charge in [-0.2, -0.15) is 0 Å². The Balaban J connectivity index is 1.88. The number of aromatic amines is 1. The zero-order chi connectivity index (χ0) is 13.4. The molecule has 3 unspecified atom stereocenters. The normalized spacial score (nSPS) is 29.5. The Hall–Kier alpha value is -1.62. The monoisotopic (exact) mass is 261 g/mol. The molecule has 0 bridgehead atoms. The maximum Gasteiger partial charge on any atom is 0.259 e. The van der Waals surface area contributed by atoms with E-state index in [1.165, 1.54) is 12.3 Å². The Morgan fingerprint density at radius 1 is 1.47 bits per heavy atom. The number of aromatic nitrogens is 1. The number of nitrogens with one attached hydrogen (secondary N) is 2. The predicted molar refractivity (Wildman–Crippen MR) is 72.0 cm³/mol. The van der Waals surface area contributed by atoms with Crippen LogP contribution in [0.15, 0.2) is 23.3 Å². The zero-order valence-corrected chi connectivity index (χ0v) is 11.1. The van der Waals surface area contributed by atoms with Crippen LogP contribution in [0.2, 0.25) is 0 Å². The average Bonchev–Trinajstić information content (AvgIpc) is 2.98. The molecule has 1 aromatic rings. The maximum absolute atomic E-state index is 12.6. The van der Waals surface area contributed by atoms with Gasteiger partial charge in [0, 0.05) is 44.1 Å². The van der Waals surface area contributed by atoms with Gasteiger partial charge < -0.3 is 15.2 Å². The van der Waals surface area contributed by atoms with Gasteiger partial charge >= 0.3 is 0 Å². The number of fused-ring (bicyclic) bond motifs is 1. The van der Waals surface area contributed by atoms with Gasteiger partial charge in [-0.15, -0.1) is 0 Å². The van der Waals surface area contributed by atoms with E-state index >= 15 is 0 Å². The summed E-state index contributed by atoms with van der Waals surface area (Å²) in [4.78, 5) is 29.1. The van der Waals surface area contributed by atoms with Crippen molar-refractivity contribution in [1.29, 1.82) is 0 Å². The third-order valence-electron chi connectivity index (χ3n) is 4.45. The van der Waals surface area contributed by atoms with Gasteiger partial charge in [0.1, 0.15) is 5.56 Å². The van der Waals surface area contributed by atoms with E-state index in [2.05, 4.69) is 17.2 Å². The lowest BCUT2D eigenvalue weighted by molar-refractivity contribution is 0.0710. The smallest absolute Gasteiger partial charge is 0.259 e. The van der Waals surface area contributed by atoms with Crippen LogP contribution in [0.5, 0.6) is 0 Å². The van der Waals surface area contributed by atoms with Crippen LogP contribution in [0.4, 0.5) is 0 Å². The highest BCUT2D eigenvalue weighted by atomic mass is 16.2. The molecule has 0 aromatic carbocycles. The van der Waals surface area contributed by atoms with Crippen LogP contribution in [0.3, 0.4) is 0 Å². The molecule has 0 radical (unpaired) electrons. The number of carbonyl (C=O) groups excluding carboxylic acids is 1. The van der Waals surface area contributed by atoms with E-state index in [0.29, 0.717) is 11.8 Å². The van der Waals surface area contributed by atoms with Crippen molar-refractivity contribution in [3.8, 4) is 0 Å². The van der Waals surface area contributed by atoms with Crippen molar-refractivity contribution in [2.75, 3.05) is 19.6 Å². The fourth-order valence-corrected chi connectivity index (χ4v) is 3.52. The number of nitrogens with zero attached hydrogens (tertiary/aromatic N) is 1. The van der Waals surface area contributed by atoms with Crippen molar-refractivity contribution >= 4 is 5.91 Å². The standard InChI is InChI=1S/C14H19N3O2/c1-2-12-10-6-16-5-9(10)8-17(12)14(19)11-7-15-4-3-13(11)18/h3-4,7,9-10,12,16H,2,5-6,8H2,1H3,(H,15,18). The Morgan fingerprint density at radius 2 is 2.32 bits per heavy atom. The Kier molecular flexibility index (Phi) is 3.14. The maximum atomic E-state index is 12.6. The van der Waals surface area contributed by atoms with Gasteiger partial charge in [-0.3, -0.25) is 9.59 Å². The topological polar surface area (TPSA) is 65.2 Å². The van der Waals surface area contributed by atoms with Gasteiger partial charge in [-0.25, -0.2) is 0 Å². The summed E-state index contributed by atoms with van der Waals surface area (Å²) < 4.78 is 0. The highest BCUT2D eigenvalue weighted by Crippen LogP contribution is 2.34. The molecule has 0 aliphatic carbocycles. The molecule has 3 atom stereocenters. The highest BCUT2D eigenvalue weighted by Gasteiger charge is 2.45. The Morgan fingerprint density at radius 3 is 3.05 bits per heavy atom. The van der Waals surface area contributed by atoms with Crippen molar-refractivity contribution in [3.05, 3.63) is 34.2 Å². The average molecular weight is 261 g/mol. The third-order valence-corrected chi connectivity index (χ3v) is 4.45. The number of hydrogen-bond donors (Lipinski definition) is 2. The molecule has 19 heavy (non-hydrogen) atoms. The van der Waals surface area contributed by atoms with Crippen molar-refractivity contribution in [1.82, 2.24) is 15.2 Å². The van der Waals surface area contributed by atoms with Crippen molar-refractivity contribution in [2.24, 2.45) is 11.8 Å². The molecule has 2 N–H and O–H groups in total. The highest BCUT2D eigenvalue weighted by molar-refractivity contribution is 5.94. The quantitative estimate of drug-likeness (QED) is 0.812. The molecular formula is C14H19N3O2. The first-order valence-corrected chi connectivity index (χ1v) is 6.91. The van der Waals surface area contributed by atoms with Gasteiger partial charge in [0.05, 0.1) is 0 Å². The molecule has 1 aromatic heterocycles. The van der Waals surface area contributed by atoms with E-state index in [-0.39, 0.29) is 22.9 Å². The van der Waals surface area contributed by atoms with E-state index in [4.69, 9.17) is 0 Å². The van der Waals surface area contributed by atoms with Gasteiger partial charge in [-0.1, -0.05) is 6.92 Å². The summed E-state index contributed by atoms with van der Waals surface area (Å²) in [5, 5.41) is 3.39. The molecular weight excluding hydrogens is 242 g/mol. The zero-order valence-electron chi connectivity index (χ0n) is 11.1. The lowest BCUT2D eigenvalue weighted by Gasteiger charge is -2.26. The third kappa shape index (κ3) is 1.98. The van der Waals surface area contributed by atoms with Gasteiger partial charge in [-0.05, 0) is 18.3 Å². The number of likely N-dealkylation sites (tertiary alicyclic amines) is 1. The van der Waals surface area contributed by atoms with E-state index in [1.54, 1.807) is 6.20 Å². The molecule has 3 rings (SSSR count). The molecule has 2 fully saturated rings.